The summed E-state index contributed by atoms with van der Waals surface area (Å²) in [6.07, 6.45) is 0. The molecule has 0 unspecified atom stereocenters. The zero-order chi connectivity index (χ0) is 19.6. The lowest BCUT2D eigenvalue weighted by atomic mass is 9.91. The van der Waals surface area contributed by atoms with Gasteiger partial charge < -0.3 is 10.1 Å². The molecular weight excluding hydrogens is 346 g/mol. The second-order valence-electron chi connectivity index (χ2n) is 6.26. The van der Waals surface area contributed by atoms with Crippen LogP contribution in [-0.2, 0) is 10.3 Å². The lowest BCUT2D eigenvalue weighted by Gasteiger charge is -2.22. The molecule has 1 fully saturated rings. The second kappa shape index (κ2) is 6.92. The summed E-state index contributed by atoms with van der Waals surface area (Å²) >= 11 is 0. The van der Waals surface area contributed by atoms with Crippen LogP contribution in [0.25, 0.3) is 0 Å². The molecule has 2 aromatic rings. The molecule has 1 aliphatic heterocycles. The van der Waals surface area contributed by atoms with Gasteiger partial charge in [-0.2, -0.15) is 5.26 Å². The van der Waals surface area contributed by atoms with Crippen molar-refractivity contribution in [1.82, 2.24) is 10.2 Å². The van der Waals surface area contributed by atoms with E-state index in [9.17, 15) is 14.4 Å². The van der Waals surface area contributed by atoms with Crippen LogP contribution in [0.3, 0.4) is 0 Å². The van der Waals surface area contributed by atoms with E-state index >= 15 is 0 Å². The lowest BCUT2D eigenvalue weighted by Crippen LogP contribution is -2.41. The maximum atomic E-state index is 12.9. The lowest BCUT2D eigenvalue weighted by molar-refractivity contribution is -0.130. The zero-order valence-electron chi connectivity index (χ0n) is 14.9. The number of carbonyl (C=O) groups is 3. The highest BCUT2D eigenvalue weighted by Crippen LogP contribution is 2.29. The third kappa shape index (κ3) is 3.13. The molecule has 3 amide bonds. The number of ether oxygens (including phenoxy) is 1. The average Bonchev–Trinajstić information content (AvgIpc) is 2.91. The van der Waals surface area contributed by atoms with Gasteiger partial charge in [0.1, 0.15) is 11.3 Å². The van der Waals surface area contributed by atoms with Crippen molar-refractivity contribution in [2.24, 2.45) is 0 Å². The van der Waals surface area contributed by atoms with E-state index in [4.69, 9.17) is 10.00 Å². The van der Waals surface area contributed by atoms with Crippen LogP contribution in [-0.4, -0.2) is 36.3 Å². The number of hydrogen-bond acceptors (Lipinski definition) is 5. The number of carbonyl (C=O) groups excluding carboxylic acids is 3. The van der Waals surface area contributed by atoms with Gasteiger partial charge >= 0.3 is 6.03 Å². The third-order valence-electron chi connectivity index (χ3n) is 4.58. The molecular formula is C20H17N3O4. The van der Waals surface area contributed by atoms with Crippen molar-refractivity contribution >= 4 is 17.7 Å². The van der Waals surface area contributed by atoms with Crippen LogP contribution in [0.1, 0.15) is 28.4 Å². The molecule has 1 heterocycles. The van der Waals surface area contributed by atoms with E-state index in [1.165, 1.54) is 7.11 Å². The van der Waals surface area contributed by atoms with Gasteiger partial charge in [0, 0.05) is 0 Å². The number of rotatable bonds is 5. The van der Waals surface area contributed by atoms with Gasteiger partial charge in [0.25, 0.3) is 5.91 Å². The van der Waals surface area contributed by atoms with Gasteiger partial charge in [-0.1, -0.05) is 24.3 Å². The Hall–Kier alpha value is -3.66. The molecule has 3 rings (SSSR count). The molecule has 7 heteroatoms. The van der Waals surface area contributed by atoms with E-state index in [1.807, 2.05) is 6.07 Å². The first-order valence-corrected chi connectivity index (χ1v) is 8.21. The number of nitriles is 1. The SMILES string of the molecule is COc1ccccc1C(=O)CN1C(=O)N[C@@](C)(c2ccc(C#N)cc2)C1=O. The van der Waals surface area contributed by atoms with Gasteiger partial charge in [-0.05, 0) is 36.8 Å². The molecule has 0 radical (unpaired) electrons. The smallest absolute Gasteiger partial charge is 0.325 e. The minimum Gasteiger partial charge on any atom is -0.496 e. The summed E-state index contributed by atoms with van der Waals surface area (Å²) in [5.74, 6) is -0.551. The standard InChI is InChI=1S/C20H17N3O4/c1-20(14-9-7-13(11-21)8-10-14)18(25)23(19(26)22-20)12-16(24)15-5-3-4-6-17(15)27-2/h3-10H,12H2,1-2H3,(H,22,26)/t20-/m0/s1. The fraction of sp³-hybridized carbons (Fsp3) is 0.200. The van der Waals surface area contributed by atoms with Gasteiger partial charge in [-0.15, -0.1) is 0 Å². The van der Waals surface area contributed by atoms with Gasteiger partial charge in [0.2, 0.25) is 0 Å². The van der Waals surface area contributed by atoms with E-state index in [2.05, 4.69) is 5.32 Å². The summed E-state index contributed by atoms with van der Waals surface area (Å²) in [6.45, 7) is 1.18. The normalized spacial score (nSPS) is 18.8. The molecule has 0 aromatic heterocycles. The molecule has 0 bridgehead atoms. The first-order valence-electron chi connectivity index (χ1n) is 8.21. The Bertz CT molecular complexity index is 962. The van der Waals surface area contributed by atoms with Crippen LogP contribution in [0, 0.1) is 11.3 Å². The Morgan fingerprint density at radius 3 is 2.48 bits per heavy atom. The molecule has 0 saturated carbocycles. The van der Waals surface area contributed by atoms with E-state index in [-0.39, 0.29) is 0 Å². The first kappa shape index (κ1) is 18.1. The fourth-order valence-electron chi connectivity index (χ4n) is 3.02. The fourth-order valence-corrected chi connectivity index (χ4v) is 3.02. The predicted molar refractivity (Wildman–Crippen MR) is 96.1 cm³/mol. The molecule has 7 nitrogen and oxygen atoms in total. The summed E-state index contributed by atoms with van der Waals surface area (Å²) in [7, 11) is 1.45. The molecule has 1 N–H and O–H groups in total. The highest BCUT2D eigenvalue weighted by atomic mass is 16.5. The molecule has 1 aliphatic rings. The van der Waals surface area contributed by atoms with Crippen molar-refractivity contribution in [3.8, 4) is 11.8 Å². The molecule has 2 aromatic carbocycles. The van der Waals surface area contributed by atoms with Gasteiger partial charge in [-0.3, -0.25) is 14.5 Å². The van der Waals surface area contributed by atoms with Crippen LogP contribution in [0.4, 0.5) is 4.79 Å². The average molecular weight is 363 g/mol. The van der Waals surface area contributed by atoms with Crippen molar-refractivity contribution in [2.45, 2.75) is 12.5 Å². The number of urea groups is 1. The number of imide groups is 1. The Kier molecular flexibility index (Phi) is 4.65. The van der Waals surface area contributed by atoms with Gasteiger partial charge in [0.05, 0.1) is 30.9 Å². The van der Waals surface area contributed by atoms with E-state index in [0.717, 1.165) is 4.90 Å². The number of nitrogens with one attached hydrogen (secondary N) is 1. The number of nitrogens with zero attached hydrogens (tertiary/aromatic N) is 2. The summed E-state index contributed by atoms with van der Waals surface area (Å²) in [6, 6.07) is 14.4. The van der Waals surface area contributed by atoms with Crippen molar-refractivity contribution in [1.29, 1.82) is 5.26 Å². The number of benzene rings is 2. The summed E-state index contributed by atoms with van der Waals surface area (Å²) in [5.41, 5.74) is -0.0199. The van der Waals surface area contributed by atoms with Gasteiger partial charge in [-0.25, -0.2) is 4.79 Å². The second-order valence-corrected chi connectivity index (χ2v) is 6.26. The molecule has 0 spiro atoms. The highest BCUT2D eigenvalue weighted by Gasteiger charge is 2.49. The van der Waals surface area contributed by atoms with Crippen LogP contribution < -0.4 is 10.1 Å². The molecule has 1 saturated heterocycles. The van der Waals surface area contributed by atoms with Crippen molar-refractivity contribution in [2.75, 3.05) is 13.7 Å². The van der Waals surface area contributed by atoms with E-state index in [1.54, 1.807) is 55.5 Å². The minimum atomic E-state index is -1.30. The Labute approximate surface area is 156 Å². The number of hydrogen-bond donors (Lipinski definition) is 1. The Balaban J connectivity index is 1.85. The van der Waals surface area contributed by atoms with Gasteiger partial charge in [0.15, 0.2) is 5.78 Å². The van der Waals surface area contributed by atoms with Crippen LogP contribution in [0.15, 0.2) is 48.5 Å². The zero-order valence-corrected chi connectivity index (χ0v) is 14.9. The Morgan fingerprint density at radius 1 is 1.19 bits per heavy atom. The van der Waals surface area contributed by atoms with Crippen LogP contribution in [0.2, 0.25) is 0 Å². The predicted octanol–water partition coefficient (Wildman–Crippen LogP) is 2.22. The maximum absolute atomic E-state index is 12.9. The van der Waals surface area contributed by atoms with Crippen molar-refractivity contribution < 1.29 is 19.1 Å². The third-order valence-corrected chi connectivity index (χ3v) is 4.58. The summed E-state index contributed by atoms with van der Waals surface area (Å²) < 4.78 is 5.17. The minimum absolute atomic E-state index is 0.299. The number of ketones is 1. The number of para-hydroxylation sites is 1. The largest absolute Gasteiger partial charge is 0.496 e. The number of methoxy groups -OCH3 is 1. The number of Topliss-reactive ketones (excluding diaryl/α,β-unsaturated/α-hetero) is 1. The van der Waals surface area contributed by atoms with Crippen LogP contribution >= 0.6 is 0 Å². The molecule has 27 heavy (non-hydrogen) atoms. The van der Waals surface area contributed by atoms with Crippen molar-refractivity contribution in [3.63, 3.8) is 0 Å². The van der Waals surface area contributed by atoms with Crippen molar-refractivity contribution in [3.05, 3.63) is 65.2 Å². The maximum Gasteiger partial charge on any atom is 0.325 e. The first-order chi connectivity index (χ1) is 12.9. The topological polar surface area (TPSA) is 99.5 Å². The molecule has 1 atom stereocenters. The van der Waals surface area contributed by atoms with E-state index < -0.39 is 29.8 Å². The molecule has 0 aliphatic carbocycles. The van der Waals surface area contributed by atoms with E-state index in [0.29, 0.717) is 22.4 Å². The quantitative estimate of drug-likeness (QED) is 0.649. The monoisotopic (exact) mass is 363 g/mol. The molecule has 136 valence electrons. The summed E-state index contributed by atoms with van der Waals surface area (Å²) in [5, 5.41) is 11.5. The Morgan fingerprint density at radius 2 is 1.85 bits per heavy atom. The highest BCUT2D eigenvalue weighted by molar-refractivity contribution is 6.11. The number of amides is 3. The van der Waals surface area contributed by atoms with Crippen LogP contribution in [0.5, 0.6) is 5.75 Å². The summed E-state index contributed by atoms with van der Waals surface area (Å²) in [4.78, 5) is 38.8.